The molecule has 0 N–H and O–H groups in total. The maximum absolute atomic E-state index is 5.17. The Hall–Kier alpha value is -0.870. The topological polar surface area (TPSA) is 30.3 Å². The number of hydrogen-bond donors (Lipinski definition) is 0. The molecular weight excluding hydrogens is 214 g/mol. The number of ether oxygens (including phenoxy) is 1. The summed E-state index contributed by atoms with van der Waals surface area (Å²) in [6.07, 6.45) is 2.58. The lowest BCUT2D eigenvalue weighted by molar-refractivity contribution is 0.134. The monoisotopic (exact) mass is 237 g/mol. The molecule has 1 aliphatic heterocycles. The Bertz CT molecular complexity index is 362. The lowest BCUT2D eigenvalue weighted by atomic mass is 10.2. The Morgan fingerprint density at radius 2 is 2.29 bits per heavy atom. The highest BCUT2D eigenvalue weighted by Gasteiger charge is 2.24. The van der Waals surface area contributed by atoms with Gasteiger partial charge in [0.05, 0.1) is 18.8 Å². The Labute approximate surface area is 104 Å². The fourth-order valence-electron chi connectivity index (χ4n) is 2.66. The van der Waals surface area contributed by atoms with Crippen LogP contribution in [-0.4, -0.2) is 47.5 Å². The van der Waals surface area contributed by atoms with E-state index in [1.54, 1.807) is 7.11 Å². The van der Waals surface area contributed by atoms with Crippen molar-refractivity contribution in [2.24, 2.45) is 0 Å². The zero-order valence-electron chi connectivity index (χ0n) is 11.1. The quantitative estimate of drug-likeness (QED) is 0.779. The predicted molar refractivity (Wildman–Crippen MR) is 68.2 cm³/mol. The summed E-state index contributed by atoms with van der Waals surface area (Å²) in [5, 5.41) is 4.55. The standard InChI is InChI=1S/C13H23N3O/c1-11-9-12(2)16(14-11)10-13-5-4-6-15(13)7-8-17-3/h9,13H,4-8,10H2,1-3H3/t13-/m0/s1. The normalized spacial score (nSPS) is 21.2. The molecule has 17 heavy (non-hydrogen) atoms. The maximum Gasteiger partial charge on any atom is 0.0596 e. The third kappa shape index (κ3) is 3.07. The Kier molecular flexibility index (Phi) is 4.18. The predicted octanol–water partition coefficient (Wildman–Crippen LogP) is 1.61. The average molecular weight is 237 g/mol. The third-order valence-corrected chi connectivity index (χ3v) is 3.57. The molecule has 0 bridgehead atoms. The minimum Gasteiger partial charge on any atom is -0.383 e. The van der Waals surface area contributed by atoms with Crippen LogP contribution in [0.2, 0.25) is 0 Å². The highest BCUT2D eigenvalue weighted by atomic mass is 16.5. The molecule has 0 unspecified atom stereocenters. The second kappa shape index (κ2) is 5.65. The van der Waals surface area contributed by atoms with Crippen LogP contribution in [-0.2, 0) is 11.3 Å². The number of aromatic nitrogens is 2. The first kappa shape index (κ1) is 12.6. The molecule has 0 aromatic carbocycles. The van der Waals surface area contributed by atoms with Gasteiger partial charge < -0.3 is 4.74 Å². The van der Waals surface area contributed by atoms with Gasteiger partial charge in [-0.1, -0.05) is 0 Å². The van der Waals surface area contributed by atoms with E-state index in [2.05, 4.69) is 34.6 Å². The van der Waals surface area contributed by atoms with Crippen LogP contribution in [0.4, 0.5) is 0 Å². The number of hydrogen-bond acceptors (Lipinski definition) is 3. The SMILES string of the molecule is COCCN1CCC[C@H]1Cn1nc(C)cc1C. The number of methoxy groups -OCH3 is 1. The minimum absolute atomic E-state index is 0.628. The van der Waals surface area contributed by atoms with Crippen LogP contribution in [0, 0.1) is 13.8 Å². The van der Waals surface area contributed by atoms with Crippen molar-refractivity contribution < 1.29 is 4.74 Å². The smallest absolute Gasteiger partial charge is 0.0596 e. The Balaban J connectivity index is 1.95. The molecule has 4 nitrogen and oxygen atoms in total. The van der Waals surface area contributed by atoms with E-state index in [1.165, 1.54) is 25.1 Å². The molecule has 1 fully saturated rings. The van der Waals surface area contributed by atoms with Crippen LogP contribution in [0.15, 0.2) is 6.07 Å². The van der Waals surface area contributed by atoms with Crippen LogP contribution in [0.25, 0.3) is 0 Å². The van der Waals surface area contributed by atoms with E-state index >= 15 is 0 Å². The summed E-state index contributed by atoms with van der Waals surface area (Å²) in [5.74, 6) is 0. The number of likely N-dealkylation sites (tertiary alicyclic amines) is 1. The second-order valence-electron chi connectivity index (χ2n) is 4.93. The molecular formula is C13H23N3O. The van der Waals surface area contributed by atoms with Crippen molar-refractivity contribution in [2.75, 3.05) is 26.8 Å². The van der Waals surface area contributed by atoms with E-state index in [1.807, 2.05) is 0 Å². The van der Waals surface area contributed by atoms with Crippen molar-refractivity contribution >= 4 is 0 Å². The number of aryl methyl sites for hydroxylation is 2. The van der Waals surface area contributed by atoms with Crippen LogP contribution in [0.3, 0.4) is 0 Å². The maximum atomic E-state index is 5.17. The van der Waals surface area contributed by atoms with E-state index in [0.717, 1.165) is 25.4 Å². The molecule has 96 valence electrons. The summed E-state index contributed by atoms with van der Waals surface area (Å²) in [6, 6.07) is 2.78. The molecule has 0 amide bonds. The third-order valence-electron chi connectivity index (χ3n) is 3.57. The van der Waals surface area contributed by atoms with Gasteiger partial charge in [0.15, 0.2) is 0 Å². The van der Waals surface area contributed by atoms with E-state index < -0.39 is 0 Å². The highest BCUT2D eigenvalue weighted by Crippen LogP contribution is 2.19. The fraction of sp³-hybridized carbons (Fsp3) is 0.769. The van der Waals surface area contributed by atoms with Crippen LogP contribution >= 0.6 is 0 Å². The van der Waals surface area contributed by atoms with Crippen LogP contribution in [0.5, 0.6) is 0 Å². The molecule has 1 saturated heterocycles. The average Bonchev–Trinajstić information content (AvgIpc) is 2.84. The van der Waals surface area contributed by atoms with Gasteiger partial charge in [0.25, 0.3) is 0 Å². The molecule has 1 aromatic rings. The lowest BCUT2D eigenvalue weighted by Gasteiger charge is -2.24. The molecule has 2 heterocycles. The summed E-state index contributed by atoms with van der Waals surface area (Å²) in [5.41, 5.74) is 2.38. The van der Waals surface area contributed by atoms with Crippen molar-refractivity contribution in [2.45, 2.75) is 39.3 Å². The van der Waals surface area contributed by atoms with Gasteiger partial charge >= 0.3 is 0 Å². The fourth-order valence-corrected chi connectivity index (χ4v) is 2.66. The van der Waals surface area contributed by atoms with Gasteiger partial charge in [-0.2, -0.15) is 5.10 Å². The zero-order valence-corrected chi connectivity index (χ0v) is 11.1. The summed E-state index contributed by atoms with van der Waals surface area (Å²) >= 11 is 0. The molecule has 1 aliphatic rings. The van der Waals surface area contributed by atoms with E-state index in [0.29, 0.717) is 6.04 Å². The highest BCUT2D eigenvalue weighted by molar-refractivity contribution is 5.06. The first-order chi connectivity index (χ1) is 8.20. The molecule has 2 rings (SSSR count). The molecule has 0 aliphatic carbocycles. The van der Waals surface area contributed by atoms with Crippen molar-refractivity contribution in [3.05, 3.63) is 17.5 Å². The molecule has 1 aromatic heterocycles. The summed E-state index contributed by atoms with van der Waals surface area (Å²) in [6.45, 7) is 8.28. The van der Waals surface area contributed by atoms with Gasteiger partial charge in [0.1, 0.15) is 0 Å². The zero-order chi connectivity index (χ0) is 12.3. The van der Waals surface area contributed by atoms with E-state index in [9.17, 15) is 0 Å². The lowest BCUT2D eigenvalue weighted by Crippen LogP contribution is -2.35. The molecule has 0 saturated carbocycles. The largest absolute Gasteiger partial charge is 0.383 e. The van der Waals surface area contributed by atoms with Gasteiger partial charge in [0, 0.05) is 25.4 Å². The molecule has 0 spiro atoms. The second-order valence-corrected chi connectivity index (χ2v) is 4.93. The first-order valence-electron chi connectivity index (χ1n) is 6.44. The van der Waals surface area contributed by atoms with Crippen molar-refractivity contribution in [3.63, 3.8) is 0 Å². The van der Waals surface area contributed by atoms with Gasteiger partial charge in [-0.15, -0.1) is 0 Å². The molecule has 4 heteroatoms. The Morgan fingerprint density at radius 1 is 1.47 bits per heavy atom. The van der Waals surface area contributed by atoms with Crippen LogP contribution < -0.4 is 0 Å². The van der Waals surface area contributed by atoms with Gasteiger partial charge in [-0.25, -0.2) is 0 Å². The van der Waals surface area contributed by atoms with Crippen molar-refractivity contribution in [3.8, 4) is 0 Å². The molecule has 0 radical (unpaired) electrons. The van der Waals surface area contributed by atoms with Gasteiger partial charge in [-0.3, -0.25) is 9.58 Å². The first-order valence-corrected chi connectivity index (χ1v) is 6.44. The summed E-state index contributed by atoms with van der Waals surface area (Å²) in [4.78, 5) is 2.53. The van der Waals surface area contributed by atoms with E-state index in [4.69, 9.17) is 4.74 Å². The van der Waals surface area contributed by atoms with Crippen molar-refractivity contribution in [1.82, 2.24) is 14.7 Å². The van der Waals surface area contributed by atoms with E-state index in [-0.39, 0.29) is 0 Å². The minimum atomic E-state index is 0.628. The van der Waals surface area contributed by atoms with Gasteiger partial charge in [-0.05, 0) is 39.3 Å². The number of nitrogens with zero attached hydrogens (tertiary/aromatic N) is 3. The number of rotatable bonds is 5. The van der Waals surface area contributed by atoms with Crippen molar-refractivity contribution in [1.29, 1.82) is 0 Å². The molecule has 1 atom stereocenters. The summed E-state index contributed by atoms with van der Waals surface area (Å²) in [7, 11) is 1.77. The van der Waals surface area contributed by atoms with Gasteiger partial charge in [0.2, 0.25) is 0 Å². The van der Waals surface area contributed by atoms with Crippen LogP contribution in [0.1, 0.15) is 24.2 Å². The Morgan fingerprint density at radius 3 is 2.94 bits per heavy atom. The summed E-state index contributed by atoms with van der Waals surface area (Å²) < 4.78 is 7.31.